The normalized spacial score (nSPS) is 9.07. The summed E-state index contributed by atoms with van der Waals surface area (Å²) in [4.78, 5) is 25.1. The summed E-state index contributed by atoms with van der Waals surface area (Å²) in [6.07, 6.45) is 0.725. The molecule has 1 aromatic heterocycles. The van der Waals surface area contributed by atoms with Gasteiger partial charge in [-0.2, -0.15) is 5.26 Å². The molecule has 0 bridgehead atoms. The third-order valence-electron chi connectivity index (χ3n) is 1.51. The molecule has 70 valence electrons. The number of carbonyl (C=O) groups excluding carboxylic acids is 1. The maximum Gasteiger partial charge on any atom is 0.311 e. The largest absolute Gasteiger partial charge is 0.481 e. The summed E-state index contributed by atoms with van der Waals surface area (Å²) < 4.78 is 0. The van der Waals surface area contributed by atoms with E-state index in [2.05, 4.69) is 4.98 Å². The maximum absolute atomic E-state index is 11.2. The molecule has 0 aromatic carbocycles. The van der Waals surface area contributed by atoms with Crippen molar-refractivity contribution in [1.29, 1.82) is 5.26 Å². The smallest absolute Gasteiger partial charge is 0.311 e. The average Bonchev–Trinajstić information content (AvgIpc) is 2.17. The van der Waals surface area contributed by atoms with Crippen molar-refractivity contribution in [1.82, 2.24) is 4.98 Å². The number of aromatic nitrogens is 1. The highest BCUT2D eigenvalue weighted by Gasteiger charge is 2.10. The number of aliphatic carboxylic acids is 1. The third-order valence-corrected chi connectivity index (χ3v) is 1.51. The van der Waals surface area contributed by atoms with E-state index < -0.39 is 18.2 Å². The van der Waals surface area contributed by atoms with Crippen molar-refractivity contribution >= 4 is 11.8 Å². The van der Waals surface area contributed by atoms with Crippen LogP contribution in [0.25, 0.3) is 0 Å². The lowest BCUT2D eigenvalue weighted by molar-refractivity contribution is -0.135. The van der Waals surface area contributed by atoms with Gasteiger partial charge in [0.05, 0.1) is 0 Å². The molecule has 0 aliphatic rings. The highest BCUT2D eigenvalue weighted by Crippen LogP contribution is 2.04. The van der Waals surface area contributed by atoms with E-state index in [0.717, 1.165) is 0 Å². The van der Waals surface area contributed by atoms with Crippen LogP contribution in [-0.4, -0.2) is 21.8 Å². The van der Waals surface area contributed by atoms with Gasteiger partial charge < -0.3 is 5.11 Å². The van der Waals surface area contributed by atoms with Gasteiger partial charge in [0.15, 0.2) is 5.78 Å². The second-order valence-corrected chi connectivity index (χ2v) is 2.54. The van der Waals surface area contributed by atoms with Crippen LogP contribution >= 0.6 is 0 Å². The minimum absolute atomic E-state index is 0.0984. The molecule has 0 saturated carbocycles. The van der Waals surface area contributed by atoms with E-state index >= 15 is 0 Å². The molecule has 0 spiro atoms. The number of carboxylic acids is 1. The zero-order valence-electron chi connectivity index (χ0n) is 7.10. The van der Waals surface area contributed by atoms with Crippen LogP contribution in [0.1, 0.15) is 22.5 Å². The van der Waals surface area contributed by atoms with Crippen LogP contribution in [0.4, 0.5) is 0 Å². The summed E-state index contributed by atoms with van der Waals surface area (Å²) in [5.74, 6) is -1.72. The van der Waals surface area contributed by atoms with Crippen molar-refractivity contribution in [3.8, 4) is 6.07 Å². The molecular weight excluding hydrogens is 184 g/mol. The predicted molar refractivity (Wildman–Crippen MR) is 45.5 cm³/mol. The van der Waals surface area contributed by atoms with Gasteiger partial charge in [-0.15, -0.1) is 0 Å². The Morgan fingerprint density at radius 2 is 2.29 bits per heavy atom. The Balaban J connectivity index is 2.91. The molecule has 1 rings (SSSR count). The topological polar surface area (TPSA) is 91.0 Å². The number of Topliss-reactive ketones (excluding diaryl/α,β-unsaturated/α-hetero) is 1. The number of hydrogen-bond acceptors (Lipinski definition) is 4. The van der Waals surface area contributed by atoms with Crippen molar-refractivity contribution in [2.24, 2.45) is 0 Å². The number of pyridine rings is 1. The minimum atomic E-state index is -1.19. The molecule has 1 aromatic rings. The van der Waals surface area contributed by atoms with Crippen molar-refractivity contribution in [3.63, 3.8) is 0 Å². The van der Waals surface area contributed by atoms with Crippen LogP contribution in [0.3, 0.4) is 0 Å². The van der Waals surface area contributed by atoms with Crippen LogP contribution in [0.2, 0.25) is 0 Å². The SMILES string of the molecule is N#Cc1cc(C(=O)CC(=O)O)ccn1. The maximum atomic E-state index is 11.2. The molecule has 0 aliphatic heterocycles. The van der Waals surface area contributed by atoms with E-state index in [1.807, 2.05) is 0 Å². The molecule has 0 saturated heterocycles. The van der Waals surface area contributed by atoms with Crippen LogP contribution in [0.15, 0.2) is 18.3 Å². The Morgan fingerprint density at radius 3 is 2.86 bits per heavy atom. The van der Waals surface area contributed by atoms with Gasteiger partial charge in [-0.25, -0.2) is 4.98 Å². The highest BCUT2D eigenvalue weighted by atomic mass is 16.4. The summed E-state index contributed by atoms with van der Waals surface area (Å²) in [6, 6.07) is 4.41. The lowest BCUT2D eigenvalue weighted by atomic mass is 10.1. The molecule has 0 fully saturated rings. The average molecular weight is 190 g/mol. The van der Waals surface area contributed by atoms with Gasteiger partial charge >= 0.3 is 5.97 Å². The first-order valence-electron chi connectivity index (χ1n) is 3.74. The quantitative estimate of drug-likeness (QED) is 0.557. The Hall–Kier alpha value is -2.22. The highest BCUT2D eigenvalue weighted by molar-refractivity contribution is 6.05. The molecule has 1 N–H and O–H groups in total. The fourth-order valence-corrected chi connectivity index (χ4v) is 0.905. The summed E-state index contributed by atoms with van der Waals surface area (Å²) in [6.45, 7) is 0. The van der Waals surface area contributed by atoms with Gasteiger partial charge in [-0.1, -0.05) is 0 Å². The van der Waals surface area contributed by atoms with E-state index in [4.69, 9.17) is 10.4 Å². The van der Waals surface area contributed by atoms with Crippen LogP contribution < -0.4 is 0 Å². The molecule has 5 nitrogen and oxygen atoms in total. The van der Waals surface area contributed by atoms with Crippen molar-refractivity contribution in [2.75, 3.05) is 0 Å². The van der Waals surface area contributed by atoms with Gasteiger partial charge in [0.1, 0.15) is 18.2 Å². The summed E-state index contributed by atoms with van der Waals surface area (Å²) in [5.41, 5.74) is 0.292. The van der Waals surface area contributed by atoms with Crippen molar-refractivity contribution < 1.29 is 14.7 Å². The Bertz CT molecular complexity index is 420. The first kappa shape index (κ1) is 9.86. The molecule has 14 heavy (non-hydrogen) atoms. The Kier molecular flexibility index (Phi) is 2.92. The van der Waals surface area contributed by atoms with Gasteiger partial charge in [0, 0.05) is 11.8 Å². The first-order chi connectivity index (χ1) is 6.63. The zero-order chi connectivity index (χ0) is 10.6. The number of ketones is 1. The molecule has 0 unspecified atom stereocenters. The number of nitriles is 1. The van der Waals surface area contributed by atoms with E-state index in [0.29, 0.717) is 0 Å². The number of nitrogens with zero attached hydrogens (tertiary/aromatic N) is 2. The Labute approximate surface area is 79.6 Å². The number of rotatable bonds is 3. The molecule has 0 radical (unpaired) electrons. The van der Waals surface area contributed by atoms with Crippen molar-refractivity contribution in [2.45, 2.75) is 6.42 Å². The van der Waals surface area contributed by atoms with Crippen LogP contribution in [0.5, 0.6) is 0 Å². The second-order valence-electron chi connectivity index (χ2n) is 2.54. The van der Waals surface area contributed by atoms with Gasteiger partial charge in [0.2, 0.25) is 0 Å². The summed E-state index contributed by atoms with van der Waals surface area (Å²) in [5, 5.41) is 16.9. The number of carbonyl (C=O) groups is 2. The molecule has 0 aliphatic carbocycles. The van der Waals surface area contributed by atoms with Gasteiger partial charge in [-0.05, 0) is 12.1 Å². The third kappa shape index (κ3) is 2.38. The van der Waals surface area contributed by atoms with Crippen LogP contribution in [-0.2, 0) is 4.79 Å². The molecule has 0 amide bonds. The zero-order valence-corrected chi connectivity index (χ0v) is 7.10. The fraction of sp³-hybridized carbons (Fsp3) is 0.111. The lowest BCUT2D eigenvalue weighted by Crippen LogP contribution is -2.07. The number of hydrogen-bond donors (Lipinski definition) is 1. The standard InChI is InChI=1S/C9H6N2O3/c10-5-7-3-6(1-2-11-7)8(12)4-9(13)14/h1-3H,4H2,(H,13,14). The van der Waals surface area contributed by atoms with Gasteiger partial charge in [-0.3, -0.25) is 9.59 Å². The van der Waals surface area contributed by atoms with E-state index in [-0.39, 0.29) is 11.3 Å². The van der Waals surface area contributed by atoms with Gasteiger partial charge in [0.25, 0.3) is 0 Å². The van der Waals surface area contributed by atoms with E-state index in [1.54, 1.807) is 6.07 Å². The van der Waals surface area contributed by atoms with Crippen LogP contribution in [0, 0.1) is 11.3 Å². The molecule has 0 atom stereocenters. The van der Waals surface area contributed by atoms with Crippen molar-refractivity contribution in [3.05, 3.63) is 29.6 Å². The number of carboxylic acid groups (broad SMARTS) is 1. The molecule has 5 heteroatoms. The van der Waals surface area contributed by atoms with E-state index in [1.165, 1.54) is 18.3 Å². The molecule has 1 heterocycles. The summed E-state index contributed by atoms with van der Waals surface area (Å²) >= 11 is 0. The lowest BCUT2D eigenvalue weighted by Gasteiger charge is -1.96. The van der Waals surface area contributed by atoms with E-state index in [9.17, 15) is 9.59 Å². The predicted octanol–water partition coefficient (Wildman–Crippen LogP) is 0.611. The summed E-state index contributed by atoms with van der Waals surface area (Å²) in [7, 11) is 0. The minimum Gasteiger partial charge on any atom is -0.481 e. The first-order valence-corrected chi connectivity index (χ1v) is 3.74. The second kappa shape index (κ2) is 4.14. The monoisotopic (exact) mass is 190 g/mol. The Morgan fingerprint density at radius 1 is 1.57 bits per heavy atom. The molecular formula is C9H6N2O3. The fourth-order valence-electron chi connectivity index (χ4n) is 0.905.